The van der Waals surface area contributed by atoms with Gasteiger partial charge in [-0.3, -0.25) is 4.79 Å². The third-order valence-electron chi connectivity index (χ3n) is 2.54. The van der Waals surface area contributed by atoms with Crippen molar-refractivity contribution in [3.63, 3.8) is 0 Å². The molecule has 0 radical (unpaired) electrons. The van der Waals surface area contributed by atoms with Crippen molar-refractivity contribution in [3.8, 4) is 0 Å². The Morgan fingerprint density at radius 1 is 1.15 bits per heavy atom. The van der Waals surface area contributed by atoms with E-state index < -0.39 is 0 Å². The van der Waals surface area contributed by atoms with Gasteiger partial charge in [-0.05, 0) is 24.3 Å². The monoisotopic (exact) mass is 272 g/mol. The number of hydrogen-bond donors (Lipinski definition) is 2. The Kier molecular flexibility index (Phi) is 5.02. The van der Waals surface area contributed by atoms with Crippen LogP contribution in [0.3, 0.4) is 0 Å². The Hall–Kier alpha value is -2.47. The molecular formula is C14H16N4O2. The van der Waals surface area contributed by atoms with Crippen molar-refractivity contribution in [2.75, 3.05) is 25.6 Å². The van der Waals surface area contributed by atoms with E-state index in [1.807, 2.05) is 30.3 Å². The van der Waals surface area contributed by atoms with Gasteiger partial charge in [0, 0.05) is 19.3 Å². The van der Waals surface area contributed by atoms with Crippen LogP contribution in [-0.2, 0) is 4.74 Å². The van der Waals surface area contributed by atoms with Crippen LogP contribution in [0, 0.1) is 0 Å². The fourth-order valence-electron chi connectivity index (χ4n) is 1.55. The highest BCUT2D eigenvalue weighted by Crippen LogP contribution is 2.12. The predicted octanol–water partition coefficient (Wildman–Crippen LogP) is 1.60. The van der Waals surface area contributed by atoms with E-state index in [1.165, 1.54) is 0 Å². The Bertz CT molecular complexity index is 543. The molecule has 2 aromatic rings. The molecular weight excluding hydrogens is 256 g/mol. The first-order valence-electron chi connectivity index (χ1n) is 6.22. The van der Waals surface area contributed by atoms with Crippen LogP contribution < -0.4 is 10.6 Å². The van der Waals surface area contributed by atoms with Crippen LogP contribution in [0.1, 0.15) is 10.5 Å². The molecule has 2 N–H and O–H groups in total. The minimum absolute atomic E-state index is 0.263. The summed E-state index contributed by atoms with van der Waals surface area (Å²) in [6, 6.07) is 13.0. The van der Waals surface area contributed by atoms with Gasteiger partial charge < -0.3 is 15.4 Å². The number of methoxy groups -OCH3 is 1. The molecule has 0 saturated heterocycles. The molecule has 0 spiro atoms. The summed E-state index contributed by atoms with van der Waals surface area (Å²) < 4.78 is 4.85. The SMILES string of the molecule is COCCNC(=O)c1ccc(Nc2ccccc2)nn1. The van der Waals surface area contributed by atoms with Crippen LogP contribution in [0.4, 0.5) is 11.5 Å². The number of aromatic nitrogens is 2. The number of nitrogens with zero attached hydrogens (tertiary/aromatic N) is 2. The molecule has 0 aliphatic heterocycles. The molecule has 20 heavy (non-hydrogen) atoms. The van der Waals surface area contributed by atoms with Gasteiger partial charge in [-0.25, -0.2) is 0 Å². The molecule has 104 valence electrons. The molecule has 1 heterocycles. The van der Waals surface area contributed by atoms with Gasteiger partial charge in [0.05, 0.1) is 6.61 Å². The van der Waals surface area contributed by atoms with E-state index in [9.17, 15) is 4.79 Å². The highest BCUT2D eigenvalue weighted by atomic mass is 16.5. The van der Waals surface area contributed by atoms with Crippen molar-refractivity contribution >= 4 is 17.4 Å². The van der Waals surface area contributed by atoms with Crippen LogP contribution in [0.25, 0.3) is 0 Å². The Labute approximate surface area is 117 Å². The molecule has 0 bridgehead atoms. The van der Waals surface area contributed by atoms with Crippen molar-refractivity contribution in [1.82, 2.24) is 15.5 Å². The Morgan fingerprint density at radius 3 is 2.60 bits per heavy atom. The minimum Gasteiger partial charge on any atom is -0.383 e. The van der Waals surface area contributed by atoms with Gasteiger partial charge in [0.1, 0.15) is 0 Å². The number of carbonyl (C=O) groups excluding carboxylic acids is 1. The lowest BCUT2D eigenvalue weighted by Gasteiger charge is -2.06. The molecule has 1 amide bonds. The number of amides is 1. The zero-order chi connectivity index (χ0) is 14.2. The number of ether oxygens (including phenoxy) is 1. The third kappa shape index (κ3) is 4.03. The van der Waals surface area contributed by atoms with Gasteiger partial charge in [0.25, 0.3) is 5.91 Å². The molecule has 1 aromatic carbocycles. The van der Waals surface area contributed by atoms with Crippen LogP contribution in [-0.4, -0.2) is 36.4 Å². The second kappa shape index (κ2) is 7.20. The van der Waals surface area contributed by atoms with E-state index >= 15 is 0 Å². The lowest BCUT2D eigenvalue weighted by molar-refractivity contribution is 0.0931. The number of anilines is 2. The smallest absolute Gasteiger partial charge is 0.271 e. The average Bonchev–Trinajstić information content (AvgIpc) is 2.49. The summed E-state index contributed by atoms with van der Waals surface area (Å²) in [5.74, 6) is 0.324. The first-order chi connectivity index (χ1) is 9.79. The maximum absolute atomic E-state index is 11.7. The predicted molar refractivity (Wildman–Crippen MR) is 76.0 cm³/mol. The van der Waals surface area contributed by atoms with Crippen LogP contribution >= 0.6 is 0 Å². The van der Waals surface area contributed by atoms with E-state index in [2.05, 4.69) is 20.8 Å². The summed E-state index contributed by atoms with van der Waals surface area (Å²) >= 11 is 0. The molecule has 0 atom stereocenters. The fraction of sp³-hybridized carbons (Fsp3) is 0.214. The highest BCUT2D eigenvalue weighted by Gasteiger charge is 2.07. The quantitative estimate of drug-likeness (QED) is 0.781. The fourth-order valence-corrected chi connectivity index (χ4v) is 1.55. The van der Waals surface area contributed by atoms with Crippen LogP contribution in [0.15, 0.2) is 42.5 Å². The first kappa shape index (κ1) is 14.0. The third-order valence-corrected chi connectivity index (χ3v) is 2.54. The second-order valence-corrected chi connectivity index (χ2v) is 4.04. The number of para-hydroxylation sites is 1. The molecule has 6 nitrogen and oxygen atoms in total. The van der Waals surface area contributed by atoms with E-state index in [0.717, 1.165) is 5.69 Å². The van der Waals surface area contributed by atoms with Gasteiger partial charge in [0.15, 0.2) is 11.5 Å². The second-order valence-electron chi connectivity index (χ2n) is 4.04. The summed E-state index contributed by atoms with van der Waals surface area (Å²) in [4.78, 5) is 11.7. The van der Waals surface area contributed by atoms with Crippen molar-refractivity contribution in [2.45, 2.75) is 0 Å². The lowest BCUT2D eigenvalue weighted by Crippen LogP contribution is -2.27. The summed E-state index contributed by atoms with van der Waals surface area (Å²) in [7, 11) is 1.58. The van der Waals surface area contributed by atoms with E-state index in [1.54, 1.807) is 19.2 Å². The first-order valence-corrected chi connectivity index (χ1v) is 6.22. The Morgan fingerprint density at radius 2 is 1.95 bits per heavy atom. The van der Waals surface area contributed by atoms with Gasteiger partial charge in [-0.15, -0.1) is 10.2 Å². The number of hydrogen-bond acceptors (Lipinski definition) is 5. The molecule has 2 rings (SSSR count). The average molecular weight is 272 g/mol. The molecule has 1 aromatic heterocycles. The van der Waals surface area contributed by atoms with Crippen molar-refractivity contribution in [3.05, 3.63) is 48.2 Å². The normalized spacial score (nSPS) is 10.1. The standard InChI is InChI=1S/C14H16N4O2/c1-20-10-9-15-14(19)12-7-8-13(18-17-12)16-11-5-3-2-4-6-11/h2-8H,9-10H2,1H3,(H,15,19)(H,16,18). The molecule has 0 unspecified atom stereocenters. The van der Waals surface area contributed by atoms with Crippen LogP contribution in [0.5, 0.6) is 0 Å². The van der Waals surface area contributed by atoms with Crippen molar-refractivity contribution in [1.29, 1.82) is 0 Å². The summed E-state index contributed by atoms with van der Waals surface area (Å²) in [5, 5.41) is 13.6. The van der Waals surface area contributed by atoms with Gasteiger partial charge in [-0.2, -0.15) is 0 Å². The zero-order valence-corrected chi connectivity index (χ0v) is 11.2. The maximum Gasteiger partial charge on any atom is 0.271 e. The van der Waals surface area contributed by atoms with Crippen LogP contribution in [0.2, 0.25) is 0 Å². The number of carbonyl (C=O) groups is 1. The summed E-state index contributed by atoms with van der Waals surface area (Å²) in [6.45, 7) is 0.911. The van der Waals surface area contributed by atoms with Gasteiger partial charge >= 0.3 is 0 Å². The van der Waals surface area contributed by atoms with E-state index in [0.29, 0.717) is 19.0 Å². The number of rotatable bonds is 6. The topological polar surface area (TPSA) is 76.1 Å². The van der Waals surface area contributed by atoms with Crippen molar-refractivity contribution in [2.24, 2.45) is 0 Å². The van der Waals surface area contributed by atoms with E-state index in [4.69, 9.17) is 4.74 Å². The highest BCUT2D eigenvalue weighted by molar-refractivity contribution is 5.92. The minimum atomic E-state index is -0.263. The summed E-state index contributed by atoms with van der Waals surface area (Å²) in [6.07, 6.45) is 0. The number of nitrogens with one attached hydrogen (secondary N) is 2. The molecule has 0 fully saturated rings. The molecule has 0 aliphatic carbocycles. The molecule has 0 saturated carbocycles. The number of benzene rings is 1. The summed E-state index contributed by atoms with van der Waals surface area (Å²) in [5.41, 5.74) is 1.19. The maximum atomic E-state index is 11.7. The largest absolute Gasteiger partial charge is 0.383 e. The molecule has 6 heteroatoms. The zero-order valence-electron chi connectivity index (χ0n) is 11.2. The Balaban J connectivity index is 1.94. The lowest BCUT2D eigenvalue weighted by atomic mass is 10.3. The van der Waals surface area contributed by atoms with E-state index in [-0.39, 0.29) is 11.6 Å². The van der Waals surface area contributed by atoms with Gasteiger partial charge in [-0.1, -0.05) is 18.2 Å². The van der Waals surface area contributed by atoms with Gasteiger partial charge in [0.2, 0.25) is 0 Å². The van der Waals surface area contributed by atoms with Crippen molar-refractivity contribution < 1.29 is 9.53 Å². The molecule has 0 aliphatic rings.